The molecule has 1 aromatic carbocycles. The lowest BCUT2D eigenvalue weighted by atomic mass is 10.2. The maximum atomic E-state index is 11.6. The first-order valence-electron chi connectivity index (χ1n) is 6.53. The summed E-state index contributed by atoms with van der Waals surface area (Å²) >= 11 is 0. The van der Waals surface area contributed by atoms with Gasteiger partial charge in [0.1, 0.15) is 0 Å². The Kier molecular flexibility index (Phi) is 4.93. The largest absolute Gasteiger partial charge is 0.504 e. The molecule has 0 atom stereocenters. The average molecular weight is 284 g/mol. The first kappa shape index (κ1) is 14.6. The number of phenols is 2. The number of phenolic OH excluding ortho intramolecular Hbond substituents is 2. The predicted octanol–water partition coefficient (Wildman–Crippen LogP) is 1.86. The van der Waals surface area contributed by atoms with E-state index in [9.17, 15) is 15.0 Å². The number of benzene rings is 1. The molecule has 0 saturated carbocycles. The Hall–Kier alpha value is -2.82. The minimum absolute atomic E-state index is 0.188. The van der Waals surface area contributed by atoms with Gasteiger partial charge in [-0.2, -0.15) is 0 Å². The second-order valence-electron chi connectivity index (χ2n) is 4.44. The molecule has 0 spiro atoms. The van der Waals surface area contributed by atoms with E-state index in [0.29, 0.717) is 18.5 Å². The Morgan fingerprint density at radius 1 is 1.19 bits per heavy atom. The number of hydrogen-bond acceptors (Lipinski definition) is 4. The van der Waals surface area contributed by atoms with Gasteiger partial charge < -0.3 is 15.5 Å². The molecule has 1 amide bonds. The van der Waals surface area contributed by atoms with Gasteiger partial charge in [0.15, 0.2) is 11.5 Å². The van der Waals surface area contributed by atoms with Gasteiger partial charge in [-0.25, -0.2) is 0 Å². The van der Waals surface area contributed by atoms with E-state index in [1.807, 2.05) is 18.2 Å². The summed E-state index contributed by atoms with van der Waals surface area (Å²) < 4.78 is 0. The lowest BCUT2D eigenvalue weighted by molar-refractivity contribution is -0.116. The Labute approximate surface area is 122 Å². The highest BCUT2D eigenvalue weighted by Crippen LogP contribution is 2.25. The van der Waals surface area contributed by atoms with Gasteiger partial charge in [0.25, 0.3) is 0 Å². The van der Waals surface area contributed by atoms with Gasteiger partial charge >= 0.3 is 0 Å². The molecule has 0 aliphatic rings. The molecule has 0 radical (unpaired) electrons. The highest BCUT2D eigenvalue weighted by Gasteiger charge is 2.00. The van der Waals surface area contributed by atoms with Crippen LogP contribution in [0.5, 0.6) is 11.5 Å². The number of carbonyl (C=O) groups is 1. The summed E-state index contributed by atoms with van der Waals surface area (Å²) in [5.41, 5.74) is 1.55. The summed E-state index contributed by atoms with van der Waals surface area (Å²) in [6.45, 7) is 0.501. The van der Waals surface area contributed by atoms with Gasteiger partial charge in [-0.05, 0) is 35.9 Å². The van der Waals surface area contributed by atoms with Crippen molar-refractivity contribution in [3.8, 4) is 11.5 Å². The third-order valence-corrected chi connectivity index (χ3v) is 2.83. The Morgan fingerprint density at radius 2 is 2.05 bits per heavy atom. The summed E-state index contributed by atoms with van der Waals surface area (Å²) in [6.07, 6.45) is 5.33. The molecular formula is C16H16N2O3. The molecule has 1 aromatic heterocycles. The number of amides is 1. The van der Waals surface area contributed by atoms with Crippen molar-refractivity contribution in [2.24, 2.45) is 0 Å². The quantitative estimate of drug-likeness (QED) is 0.578. The lowest BCUT2D eigenvalue weighted by Gasteiger charge is -2.02. The summed E-state index contributed by atoms with van der Waals surface area (Å²) in [6, 6.07) is 10.0. The third-order valence-electron chi connectivity index (χ3n) is 2.83. The van der Waals surface area contributed by atoms with Gasteiger partial charge in [-0.15, -0.1) is 0 Å². The van der Waals surface area contributed by atoms with Crippen molar-refractivity contribution >= 4 is 12.0 Å². The van der Waals surface area contributed by atoms with Crippen LogP contribution in [0.3, 0.4) is 0 Å². The third kappa shape index (κ3) is 4.65. The monoisotopic (exact) mass is 284 g/mol. The first-order valence-corrected chi connectivity index (χ1v) is 6.53. The molecule has 108 valence electrons. The summed E-state index contributed by atoms with van der Waals surface area (Å²) in [4.78, 5) is 15.8. The van der Waals surface area contributed by atoms with Crippen molar-refractivity contribution in [3.05, 3.63) is 59.9 Å². The van der Waals surface area contributed by atoms with Gasteiger partial charge in [0.05, 0.1) is 0 Å². The zero-order valence-corrected chi connectivity index (χ0v) is 11.4. The lowest BCUT2D eigenvalue weighted by Crippen LogP contribution is -2.23. The molecule has 0 bridgehead atoms. The number of carbonyl (C=O) groups excluding carboxylic acids is 1. The second-order valence-corrected chi connectivity index (χ2v) is 4.44. The first-order chi connectivity index (χ1) is 10.1. The zero-order valence-electron chi connectivity index (χ0n) is 11.4. The van der Waals surface area contributed by atoms with Gasteiger partial charge in [0.2, 0.25) is 5.91 Å². The molecule has 2 aromatic rings. The SMILES string of the molecule is O=C(/C=C/c1ccc(O)c(O)c1)NCCc1ccccn1. The standard InChI is InChI=1S/C16H16N2O3/c19-14-6-4-12(11-15(14)20)5-7-16(21)18-10-8-13-3-1-2-9-17-13/h1-7,9,11,19-20H,8,10H2,(H,18,21)/b7-5+. The smallest absolute Gasteiger partial charge is 0.244 e. The average Bonchev–Trinajstić information content (AvgIpc) is 2.49. The molecular weight excluding hydrogens is 268 g/mol. The minimum Gasteiger partial charge on any atom is -0.504 e. The normalized spacial score (nSPS) is 10.7. The van der Waals surface area contributed by atoms with Crippen LogP contribution in [0.15, 0.2) is 48.7 Å². The Balaban J connectivity index is 1.81. The van der Waals surface area contributed by atoms with E-state index in [1.54, 1.807) is 18.3 Å². The van der Waals surface area contributed by atoms with Gasteiger partial charge in [-0.1, -0.05) is 12.1 Å². The van der Waals surface area contributed by atoms with Crippen LogP contribution in [0.1, 0.15) is 11.3 Å². The second kappa shape index (κ2) is 7.09. The number of hydrogen-bond donors (Lipinski definition) is 3. The highest BCUT2D eigenvalue weighted by molar-refractivity contribution is 5.91. The molecule has 21 heavy (non-hydrogen) atoms. The maximum absolute atomic E-state index is 11.6. The van der Waals surface area contributed by atoms with Crippen LogP contribution in [0.4, 0.5) is 0 Å². The number of aromatic hydroxyl groups is 2. The van der Waals surface area contributed by atoms with E-state index in [4.69, 9.17) is 0 Å². The fourth-order valence-corrected chi connectivity index (χ4v) is 1.73. The van der Waals surface area contributed by atoms with Crippen molar-refractivity contribution in [1.29, 1.82) is 0 Å². The molecule has 0 saturated heterocycles. The molecule has 3 N–H and O–H groups in total. The van der Waals surface area contributed by atoms with Crippen LogP contribution < -0.4 is 5.32 Å². The number of nitrogens with zero attached hydrogens (tertiary/aromatic N) is 1. The van der Waals surface area contributed by atoms with Crippen LogP contribution >= 0.6 is 0 Å². The van der Waals surface area contributed by atoms with E-state index in [-0.39, 0.29) is 17.4 Å². The molecule has 0 unspecified atom stereocenters. The van der Waals surface area contributed by atoms with E-state index < -0.39 is 0 Å². The fourth-order valence-electron chi connectivity index (χ4n) is 1.73. The summed E-state index contributed by atoms with van der Waals surface area (Å²) in [7, 11) is 0. The van der Waals surface area contributed by atoms with Gasteiger partial charge in [0, 0.05) is 30.9 Å². The molecule has 2 rings (SSSR count). The van der Waals surface area contributed by atoms with Crippen molar-refractivity contribution < 1.29 is 15.0 Å². The molecule has 0 aliphatic heterocycles. The molecule has 0 fully saturated rings. The molecule has 1 heterocycles. The van der Waals surface area contributed by atoms with Crippen LogP contribution in [0.25, 0.3) is 6.08 Å². The van der Waals surface area contributed by atoms with E-state index in [1.165, 1.54) is 18.2 Å². The molecule has 5 nitrogen and oxygen atoms in total. The fraction of sp³-hybridized carbons (Fsp3) is 0.125. The molecule has 0 aliphatic carbocycles. The van der Waals surface area contributed by atoms with Crippen molar-refractivity contribution in [2.45, 2.75) is 6.42 Å². The summed E-state index contributed by atoms with van der Waals surface area (Å²) in [5, 5.41) is 21.3. The number of rotatable bonds is 5. The van der Waals surface area contributed by atoms with Crippen LogP contribution in [0.2, 0.25) is 0 Å². The van der Waals surface area contributed by atoms with Crippen LogP contribution in [0, 0.1) is 0 Å². The van der Waals surface area contributed by atoms with Crippen molar-refractivity contribution in [1.82, 2.24) is 10.3 Å². The van der Waals surface area contributed by atoms with Gasteiger partial charge in [-0.3, -0.25) is 9.78 Å². The Bertz CT molecular complexity index is 639. The topological polar surface area (TPSA) is 82.5 Å². The highest BCUT2D eigenvalue weighted by atomic mass is 16.3. The van der Waals surface area contributed by atoms with E-state index >= 15 is 0 Å². The van der Waals surface area contributed by atoms with Crippen molar-refractivity contribution in [2.75, 3.05) is 6.54 Å². The van der Waals surface area contributed by atoms with Crippen LogP contribution in [-0.4, -0.2) is 27.6 Å². The Morgan fingerprint density at radius 3 is 2.76 bits per heavy atom. The van der Waals surface area contributed by atoms with E-state index in [0.717, 1.165) is 5.69 Å². The number of nitrogens with one attached hydrogen (secondary N) is 1. The molecule has 5 heteroatoms. The zero-order chi connectivity index (χ0) is 15.1. The number of aromatic nitrogens is 1. The van der Waals surface area contributed by atoms with Crippen molar-refractivity contribution in [3.63, 3.8) is 0 Å². The number of pyridine rings is 1. The summed E-state index contributed by atoms with van der Waals surface area (Å²) in [5.74, 6) is -0.627. The van der Waals surface area contributed by atoms with Crippen LogP contribution in [-0.2, 0) is 11.2 Å². The predicted molar refractivity (Wildman–Crippen MR) is 79.8 cm³/mol. The maximum Gasteiger partial charge on any atom is 0.244 e. The van der Waals surface area contributed by atoms with E-state index in [2.05, 4.69) is 10.3 Å². The minimum atomic E-state index is -0.224.